The number of hydrazine groups is 1. The van der Waals surface area contributed by atoms with E-state index >= 15 is 0 Å². The number of oxazole rings is 2. The van der Waals surface area contributed by atoms with Gasteiger partial charge in [-0.2, -0.15) is 5.10 Å². The number of fused-ring (bicyclic) bond motifs is 1. The first kappa shape index (κ1) is 33.7. The van der Waals surface area contributed by atoms with E-state index in [2.05, 4.69) is 15.4 Å². The molecule has 3 aromatic heterocycles. The Morgan fingerprint density at radius 1 is 0.898 bits per heavy atom. The maximum atomic E-state index is 11.4. The Balaban J connectivity index is 0.000000197. The first-order valence-electron chi connectivity index (χ1n) is 15.3. The maximum Gasteiger partial charge on any atom is 0.265 e. The van der Waals surface area contributed by atoms with E-state index in [-0.39, 0.29) is 11.8 Å². The van der Waals surface area contributed by atoms with Gasteiger partial charge in [-0.25, -0.2) is 25.5 Å². The summed E-state index contributed by atoms with van der Waals surface area (Å²) in [5.74, 6) is 10.1. The Labute approximate surface area is 292 Å². The summed E-state index contributed by atoms with van der Waals surface area (Å²) in [6, 6.07) is 16.6. The van der Waals surface area contributed by atoms with Crippen molar-refractivity contribution in [2.75, 3.05) is 14.2 Å². The molecule has 14 heteroatoms. The van der Waals surface area contributed by atoms with Gasteiger partial charge in [-0.05, 0) is 60.9 Å². The Kier molecular flexibility index (Phi) is 10.00. The normalized spacial score (nSPS) is 13.7. The summed E-state index contributed by atoms with van der Waals surface area (Å²) < 4.78 is 23.9. The zero-order valence-electron chi connectivity index (χ0n) is 27.2. The zero-order chi connectivity index (χ0) is 34.7. The van der Waals surface area contributed by atoms with Gasteiger partial charge in [0.2, 0.25) is 0 Å². The number of nitrogen functional groups attached to an aromatic ring is 1. The van der Waals surface area contributed by atoms with E-state index in [1.807, 2.05) is 48.0 Å². The van der Waals surface area contributed by atoms with Gasteiger partial charge in [0.15, 0.2) is 29.1 Å². The lowest BCUT2D eigenvalue weighted by molar-refractivity contribution is 0.0953. The van der Waals surface area contributed by atoms with Gasteiger partial charge >= 0.3 is 0 Å². The van der Waals surface area contributed by atoms with E-state index in [0.29, 0.717) is 56.2 Å². The predicted octanol–water partition coefficient (Wildman–Crippen LogP) is 7.41. The van der Waals surface area contributed by atoms with Gasteiger partial charge in [0.05, 0.1) is 47.8 Å². The molecule has 1 amide bonds. The van der Waals surface area contributed by atoms with Crippen molar-refractivity contribution < 1.29 is 23.1 Å². The molecule has 12 nitrogen and oxygen atoms in total. The topological polar surface area (TPSA) is 156 Å². The first-order valence-corrected chi connectivity index (χ1v) is 16.1. The second-order valence-corrected chi connectivity index (χ2v) is 12.0. The highest BCUT2D eigenvalue weighted by Gasteiger charge is 2.27. The summed E-state index contributed by atoms with van der Waals surface area (Å²) in [5.41, 5.74) is 6.02. The minimum atomic E-state index is -0.381. The standard InChI is InChI=1S/C23H20Cl2N4O2.C12H13N3O3/c1-13-26-12-21(31-13)17-7-5-15(11-20(17)30-2)22-27-23-16(4-3-9-29(23)28-22)14-6-8-18(24)19(25)10-14;1-7-14-6-11(18-7)9-4-3-8(12(16)15-13)5-10(9)17-2/h5-8,10-12,16H,3-4,9H2,1-2H3;3-6H,13H2,1-2H3,(H,15,16). The number of nitrogens with zero attached hydrogens (tertiary/aromatic N) is 5. The van der Waals surface area contributed by atoms with Crippen molar-refractivity contribution in [2.45, 2.75) is 39.2 Å². The van der Waals surface area contributed by atoms with Gasteiger partial charge in [-0.15, -0.1) is 0 Å². The molecular formula is C35H33Cl2N7O5. The van der Waals surface area contributed by atoms with Crippen LogP contribution in [0.5, 0.6) is 11.5 Å². The summed E-state index contributed by atoms with van der Waals surface area (Å²) in [4.78, 5) is 24.5. The fourth-order valence-electron chi connectivity index (χ4n) is 5.64. The second-order valence-electron chi connectivity index (χ2n) is 11.2. The van der Waals surface area contributed by atoms with Crippen LogP contribution < -0.4 is 20.7 Å². The minimum absolute atomic E-state index is 0.128. The molecule has 1 atom stereocenters. The van der Waals surface area contributed by atoms with Crippen LogP contribution in [0.3, 0.4) is 0 Å². The zero-order valence-corrected chi connectivity index (χ0v) is 28.7. The number of methoxy groups -OCH3 is 2. The largest absolute Gasteiger partial charge is 0.496 e. The minimum Gasteiger partial charge on any atom is -0.496 e. The first-order chi connectivity index (χ1) is 23.7. The summed E-state index contributed by atoms with van der Waals surface area (Å²) in [7, 11) is 3.16. The van der Waals surface area contributed by atoms with E-state index in [1.165, 1.54) is 7.11 Å². The summed E-state index contributed by atoms with van der Waals surface area (Å²) in [6.07, 6.45) is 5.31. The number of ether oxygens (including phenoxy) is 2. The molecule has 6 aromatic rings. The van der Waals surface area contributed by atoms with Crippen LogP contribution in [0.15, 0.2) is 75.8 Å². The molecule has 0 spiro atoms. The van der Waals surface area contributed by atoms with E-state index < -0.39 is 0 Å². The van der Waals surface area contributed by atoms with Crippen molar-refractivity contribution >= 4 is 29.1 Å². The molecule has 0 fully saturated rings. The number of halogens is 2. The fourth-order valence-corrected chi connectivity index (χ4v) is 5.95. The molecule has 0 saturated heterocycles. The van der Waals surface area contributed by atoms with Crippen LogP contribution in [0.2, 0.25) is 10.0 Å². The molecule has 3 N–H and O–H groups in total. The van der Waals surface area contributed by atoms with Crippen molar-refractivity contribution in [3.8, 4) is 45.5 Å². The van der Waals surface area contributed by atoms with Gasteiger partial charge < -0.3 is 18.3 Å². The average Bonchev–Trinajstić information content (AvgIpc) is 3.88. The van der Waals surface area contributed by atoms with Gasteiger partial charge in [0, 0.05) is 37.4 Å². The molecule has 0 bridgehead atoms. The summed E-state index contributed by atoms with van der Waals surface area (Å²) >= 11 is 12.4. The molecule has 0 aliphatic carbocycles. The molecule has 0 saturated carbocycles. The fraction of sp³-hybridized carbons (Fsp3) is 0.229. The molecule has 7 rings (SSSR count). The number of aryl methyl sites for hydroxylation is 3. The highest BCUT2D eigenvalue weighted by atomic mass is 35.5. The molecule has 4 heterocycles. The maximum absolute atomic E-state index is 11.4. The lowest BCUT2D eigenvalue weighted by Gasteiger charge is -2.22. The van der Waals surface area contributed by atoms with E-state index in [1.54, 1.807) is 44.6 Å². The van der Waals surface area contributed by atoms with Crippen molar-refractivity contribution in [3.63, 3.8) is 0 Å². The van der Waals surface area contributed by atoms with Crippen LogP contribution in [-0.4, -0.2) is 44.9 Å². The number of hydrogen-bond donors (Lipinski definition) is 2. The Morgan fingerprint density at radius 2 is 1.55 bits per heavy atom. The quantitative estimate of drug-likeness (QED) is 0.0976. The smallest absolute Gasteiger partial charge is 0.265 e. The monoisotopic (exact) mass is 701 g/mol. The second kappa shape index (κ2) is 14.5. The number of carbonyl (C=O) groups excluding carboxylic acids is 1. The summed E-state index contributed by atoms with van der Waals surface area (Å²) in [5, 5.41) is 5.88. The molecule has 0 radical (unpaired) electrons. The number of aromatic nitrogens is 5. The van der Waals surface area contributed by atoms with Crippen molar-refractivity contribution in [3.05, 3.63) is 106 Å². The third-order valence-electron chi connectivity index (χ3n) is 8.05. The summed E-state index contributed by atoms with van der Waals surface area (Å²) in [6.45, 7) is 4.41. The number of nitrogens with one attached hydrogen (secondary N) is 1. The third-order valence-corrected chi connectivity index (χ3v) is 8.79. The lowest BCUT2D eigenvalue weighted by atomic mass is 9.91. The highest BCUT2D eigenvalue weighted by Crippen LogP contribution is 2.38. The molecule has 1 aliphatic rings. The van der Waals surface area contributed by atoms with Crippen LogP contribution in [0.1, 0.15) is 52.3 Å². The Hall–Kier alpha value is -5.17. The number of amides is 1. The van der Waals surface area contributed by atoms with Crippen molar-refractivity contribution in [1.29, 1.82) is 0 Å². The third kappa shape index (κ3) is 7.16. The van der Waals surface area contributed by atoms with E-state index in [9.17, 15) is 4.79 Å². The molecule has 1 unspecified atom stereocenters. The molecule has 49 heavy (non-hydrogen) atoms. The van der Waals surface area contributed by atoms with Crippen molar-refractivity contribution in [1.82, 2.24) is 30.2 Å². The Bertz CT molecular complexity index is 2120. The molecular weight excluding hydrogens is 669 g/mol. The highest BCUT2D eigenvalue weighted by molar-refractivity contribution is 6.42. The van der Waals surface area contributed by atoms with E-state index in [4.69, 9.17) is 57.4 Å². The lowest BCUT2D eigenvalue weighted by Crippen LogP contribution is -2.29. The number of carbonyl (C=O) groups is 1. The van der Waals surface area contributed by atoms with Gasteiger partial charge in [0.1, 0.15) is 17.3 Å². The number of hydrogen-bond acceptors (Lipinski definition) is 10. The SMILES string of the molecule is COc1cc(-c2nc3n(n2)CCCC3c2ccc(Cl)c(Cl)c2)ccc1-c1cnc(C)o1.COc1cc(C(=O)NN)ccc1-c1cnc(C)o1. The van der Waals surface area contributed by atoms with Crippen molar-refractivity contribution in [2.24, 2.45) is 5.84 Å². The molecule has 252 valence electrons. The van der Waals surface area contributed by atoms with Crippen LogP contribution in [0.4, 0.5) is 0 Å². The number of benzene rings is 3. The van der Waals surface area contributed by atoms with Crippen LogP contribution in [0, 0.1) is 13.8 Å². The number of rotatable bonds is 7. The molecule has 1 aliphatic heterocycles. The average molecular weight is 703 g/mol. The van der Waals surface area contributed by atoms with Crippen LogP contribution in [-0.2, 0) is 6.54 Å². The van der Waals surface area contributed by atoms with Gasteiger partial charge in [0.25, 0.3) is 5.91 Å². The predicted molar refractivity (Wildman–Crippen MR) is 185 cm³/mol. The van der Waals surface area contributed by atoms with Crippen LogP contribution in [0.25, 0.3) is 34.0 Å². The van der Waals surface area contributed by atoms with Gasteiger partial charge in [-0.1, -0.05) is 35.3 Å². The van der Waals surface area contributed by atoms with Gasteiger partial charge in [-0.3, -0.25) is 10.2 Å². The Morgan fingerprint density at radius 3 is 2.14 bits per heavy atom. The van der Waals surface area contributed by atoms with E-state index in [0.717, 1.165) is 47.5 Å². The number of nitrogens with two attached hydrogens (primary N) is 1. The van der Waals surface area contributed by atoms with Crippen LogP contribution >= 0.6 is 23.2 Å². The molecule has 3 aromatic carbocycles.